The third-order valence-corrected chi connectivity index (χ3v) is 3.16. The predicted octanol–water partition coefficient (Wildman–Crippen LogP) is 3.46. The zero-order valence-corrected chi connectivity index (χ0v) is 11.3. The number of non-ortho nitro benzene ring substituents is 1. The number of nitrogens with zero attached hydrogens (tertiary/aromatic N) is 1. The number of hydrogen-bond acceptors (Lipinski definition) is 3. The van der Waals surface area contributed by atoms with Gasteiger partial charge in [-0.1, -0.05) is 30.7 Å². The number of rotatable bonds is 3. The van der Waals surface area contributed by atoms with E-state index in [0.29, 0.717) is 0 Å². The molecule has 104 valence electrons. The molecule has 0 spiro atoms. The minimum absolute atomic E-state index is 0.126. The standard InChI is InChI=1S/C13H12ClN3O3/c1-8-3-2-4-11(8)15-13(18)16-12-7-9(17(19)20)5-6-10(12)14/h2-8H,1H3,(H2,15,16,18). The third-order valence-electron chi connectivity index (χ3n) is 2.83. The maximum atomic E-state index is 11.8. The monoisotopic (exact) mass is 293 g/mol. The van der Waals surface area contributed by atoms with Crippen LogP contribution in [0.1, 0.15) is 6.92 Å². The maximum Gasteiger partial charge on any atom is 0.323 e. The predicted molar refractivity (Wildman–Crippen MR) is 76.6 cm³/mol. The average molecular weight is 294 g/mol. The lowest BCUT2D eigenvalue weighted by molar-refractivity contribution is -0.384. The van der Waals surface area contributed by atoms with Crippen molar-refractivity contribution >= 4 is 29.0 Å². The second-order valence-electron chi connectivity index (χ2n) is 4.30. The Kier molecular flexibility index (Phi) is 4.05. The van der Waals surface area contributed by atoms with Gasteiger partial charge in [-0.3, -0.25) is 10.1 Å². The van der Waals surface area contributed by atoms with E-state index in [1.165, 1.54) is 18.2 Å². The number of urea groups is 1. The highest BCUT2D eigenvalue weighted by Crippen LogP contribution is 2.26. The van der Waals surface area contributed by atoms with Gasteiger partial charge in [0.2, 0.25) is 0 Å². The van der Waals surface area contributed by atoms with E-state index in [0.717, 1.165) is 5.70 Å². The van der Waals surface area contributed by atoms with Crippen LogP contribution in [0.4, 0.5) is 16.2 Å². The number of carbonyl (C=O) groups excluding carboxylic acids is 1. The molecule has 2 rings (SSSR count). The smallest absolute Gasteiger partial charge is 0.311 e. The van der Waals surface area contributed by atoms with Crippen molar-refractivity contribution in [2.75, 3.05) is 5.32 Å². The fourth-order valence-electron chi connectivity index (χ4n) is 1.74. The van der Waals surface area contributed by atoms with Crippen molar-refractivity contribution in [1.29, 1.82) is 0 Å². The van der Waals surface area contributed by atoms with Crippen LogP contribution < -0.4 is 10.6 Å². The molecule has 0 bridgehead atoms. The molecular formula is C13H12ClN3O3. The molecule has 0 radical (unpaired) electrons. The summed E-state index contributed by atoms with van der Waals surface area (Å²) in [5.74, 6) is 0.126. The van der Waals surface area contributed by atoms with Crippen molar-refractivity contribution in [1.82, 2.24) is 5.32 Å². The van der Waals surface area contributed by atoms with Crippen LogP contribution in [0.2, 0.25) is 5.02 Å². The summed E-state index contributed by atoms with van der Waals surface area (Å²) in [5.41, 5.74) is 0.807. The van der Waals surface area contributed by atoms with E-state index in [9.17, 15) is 14.9 Å². The van der Waals surface area contributed by atoms with Crippen molar-refractivity contribution in [2.24, 2.45) is 5.92 Å². The van der Waals surface area contributed by atoms with Gasteiger partial charge < -0.3 is 10.6 Å². The Bertz CT molecular complexity index is 625. The minimum Gasteiger partial charge on any atom is -0.311 e. The fraction of sp³-hybridized carbons (Fsp3) is 0.154. The van der Waals surface area contributed by atoms with E-state index in [-0.39, 0.29) is 22.3 Å². The van der Waals surface area contributed by atoms with Crippen molar-refractivity contribution in [3.05, 3.63) is 57.3 Å². The van der Waals surface area contributed by atoms with Gasteiger partial charge >= 0.3 is 6.03 Å². The van der Waals surface area contributed by atoms with Crippen LogP contribution in [0, 0.1) is 16.0 Å². The van der Waals surface area contributed by atoms with E-state index in [4.69, 9.17) is 11.6 Å². The number of amides is 2. The highest BCUT2D eigenvalue weighted by molar-refractivity contribution is 6.33. The van der Waals surface area contributed by atoms with E-state index < -0.39 is 11.0 Å². The number of nitro groups is 1. The summed E-state index contributed by atoms with van der Waals surface area (Å²) < 4.78 is 0. The summed E-state index contributed by atoms with van der Waals surface area (Å²) in [5, 5.41) is 16.1. The van der Waals surface area contributed by atoms with E-state index >= 15 is 0 Å². The zero-order chi connectivity index (χ0) is 14.7. The normalized spacial score (nSPS) is 16.7. The van der Waals surface area contributed by atoms with E-state index in [1.807, 2.05) is 19.1 Å². The molecule has 2 N–H and O–H groups in total. The summed E-state index contributed by atoms with van der Waals surface area (Å²) >= 11 is 5.90. The largest absolute Gasteiger partial charge is 0.323 e. The average Bonchev–Trinajstić information content (AvgIpc) is 2.77. The number of hydrogen-bond donors (Lipinski definition) is 2. The molecule has 7 heteroatoms. The van der Waals surface area contributed by atoms with Gasteiger partial charge in [-0.25, -0.2) is 4.79 Å². The quantitative estimate of drug-likeness (QED) is 0.661. The van der Waals surface area contributed by atoms with Crippen molar-refractivity contribution in [3.8, 4) is 0 Å². The molecule has 0 heterocycles. The molecule has 0 aliphatic heterocycles. The summed E-state index contributed by atoms with van der Waals surface area (Å²) in [6.45, 7) is 1.94. The van der Waals surface area contributed by atoms with Crippen LogP contribution in [-0.4, -0.2) is 11.0 Å². The van der Waals surface area contributed by atoms with Gasteiger partial charge in [-0.2, -0.15) is 0 Å². The Morgan fingerprint density at radius 3 is 2.75 bits per heavy atom. The number of nitrogens with one attached hydrogen (secondary N) is 2. The molecule has 0 saturated heterocycles. The lowest BCUT2D eigenvalue weighted by Crippen LogP contribution is -2.29. The Balaban J connectivity index is 2.08. The minimum atomic E-state index is -0.551. The molecule has 1 aliphatic rings. The lowest BCUT2D eigenvalue weighted by Gasteiger charge is -2.12. The Labute approximate surface area is 120 Å². The number of nitro benzene ring substituents is 1. The number of allylic oxidation sites excluding steroid dienone is 3. The Morgan fingerprint density at radius 2 is 2.15 bits per heavy atom. The first kappa shape index (κ1) is 14.1. The van der Waals surface area contributed by atoms with Crippen LogP contribution in [0.3, 0.4) is 0 Å². The van der Waals surface area contributed by atoms with E-state index in [2.05, 4.69) is 10.6 Å². The summed E-state index contributed by atoms with van der Waals surface area (Å²) in [6, 6.07) is 3.37. The van der Waals surface area contributed by atoms with Crippen molar-refractivity contribution in [2.45, 2.75) is 6.92 Å². The molecular weight excluding hydrogens is 282 g/mol. The highest BCUT2D eigenvalue weighted by atomic mass is 35.5. The molecule has 1 unspecified atom stereocenters. The van der Waals surface area contributed by atoms with Gasteiger partial charge in [0.05, 0.1) is 15.6 Å². The van der Waals surface area contributed by atoms with Crippen molar-refractivity contribution < 1.29 is 9.72 Å². The second kappa shape index (κ2) is 5.75. The molecule has 0 aromatic heterocycles. The first-order valence-electron chi connectivity index (χ1n) is 5.87. The van der Waals surface area contributed by atoms with Gasteiger partial charge in [0.1, 0.15) is 0 Å². The van der Waals surface area contributed by atoms with Crippen LogP contribution >= 0.6 is 11.6 Å². The molecule has 1 aromatic carbocycles. The van der Waals surface area contributed by atoms with Gasteiger partial charge in [0.15, 0.2) is 0 Å². The summed E-state index contributed by atoms with van der Waals surface area (Å²) in [7, 11) is 0. The molecule has 20 heavy (non-hydrogen) atoms. The molecule has 2 amide bonds. The SMILES string of the molecule is CC1C=CC=C1NC(=O)Nc1cc([N+](=O)[O-])ccc1Cl. The summed E-state index contributed by atoms with van der Waals surface area (Å²) in [4.78, 5) is 22.0. The molecule has 0 fully saturated rings. The summed E-state index contributed by atoms with van der Waals surface area (Å²) in [6.07, 6.45) is 5.58. The maximum absolute atomic E-state index is 11.8. The van der Waals surface area contributed by atoms with Gasteiger partial charge in [-0.15, -0.1) is 0 Å². The van der Waals surface area contributed by atoms with Crippen LogP contribution in [0.15, 0.2) is 42.1 Å². The molecule has 1 aromatic rings. The van der Waals surface area contributed by atoms with E-state index in [1.54, 1.807) is 6.08 Å². The van der Waals surface area contributed by atoms with Crippen LogP contribution in [0.25, 0.3) is 0 Å². The topological polar surface area (TPSA) is 84.3 Å². The second-order valence-corrected chi connectivity index (χ2v) is 4.70. The van der Waals surface area contributed by atoms with Crippen molar-refractivity contribution in [3.63, 3.8) is 0 Å². The lowest BCUT2D eigenvalue weighted by atomic mass is 10.1. The molecule has 6 nitrogen and oxygen atoms in total. The number of carbonyl (C=O) groups is 1. The Hall–Kier alpha value is -2.34. The van der Waals surface area contributed by atoms with Gasteiger partial charge in [0, 0.05) is 23.7 Å². The highest BCUT2D eigenvalue weighted by Gasteiger charge is 2.15. The third kappa shape index (κ3) is 3.16. The fourth-order valence-corrected chi connectivity index (χ4v) is 1.91. The number of halogens is 1. The van der Waals surface area contributed by atoms with Gasteiger partial charge in [0.25, 0.3) is 5.69 Å². The van der Waals surface area contributed by atoms with Crippen LogP contribution in [-0.2, 0) is 0 Å². The first-order chi connectivity index (χ1) is 9.47. The molecule has 1 atom stereocenters. The van der Waals surface area contributed by atoms with Crippen LogP contribution in [0.5, 0.6) is 0 Å². The van der Waals surface area contributed by atoms with Gasteiger partial charge in [-0.05, 0) is 12.1 Å². The Morgan fingerprint density at radius 1 is 1.40 bits per heavy atom. The first-order valence-corrected chi connectivity index (χ1v) is 6.25. The molecule has 1 aliphatic carbocycles. The number of anilines is 1. The zero-order valence-electron chi connectivity index (χ0n) is 10.6. The number of benzene rings is 1. The molecule has 0 saturated carbocycles.